The zero-order valence-corrected chi connectivity index (χ0v) is 18.9. The predicted molar refractivity (Wildman–Crippen MR) is 110 cm³/mol. The van der Waals surface area contributed by atoms with Crippen LogP contribution >= 0.6 is 0 Å². The fourth-order valence-corrected chi connectivity index (χ4v) is 3.26. The van der Waals surface area contributed by atoms with E-state index in [4.69, 9.17) is 29.3 Å². The van der Waals surface area contributed by atoms with E-state index in [1.807, 2.05) is 19.1 Å². The van der Waals surface area contributed by atoms with Crippen molar-refractivity contribution in [3.63, 3.8) is 0 Å². The molecule has 10 nitrogen and oxygen atoms in total. The summed E-state index contributed by atoms with van der Waals surface area (Å²) in [5.41, 5.74) is 0.738. The van der Waals surface area contributed by atoms with Gasteiger partial charge in [0.2, 0.25) is 5.91 Å². The third-order valence-electron chi connectivity index (χ3n) is 4.90. The topological polar surface area (TPSA) is 138 Å². The number of pyridine rings is 1. The second-order valence-electron chi connectivity index (χ2n) is 7.44. The van der Waals surface area contributed by atoms with Crippen molar-refractivity contribution in [1.29, 1.82) is 0 Å². The summed E-state index contributed by atoms with van der Waals surface area (Å²) in [7, 11) is 0. The summed E-state index contributed by atoms with van der Waals surface area (Å²) < 4.78 is 74.7. The van der Waals surface area contributed by atoms with E-state index in [1.54, 1.807) is 12.4 Å². The first-order valence-corrected chi connectivity index (χ1v) is 10.4. The highest BCUT2D eigenvalue weighted by atomic mass is 19.4. The molecule has 2 saturated heterocycles. The molecule has 36 heavy (non-hydrogen) atoms. The second-order valence-corrected chi connectivity index (χ2v) is 7.44. The molecule has 0 aliphatic carbocycles. The number of aliphatic carboxylic acids is 2. The van der Waals surface area contributed by atoms with E-state index in [-0.39, 0.29) is 23.8 Å². The van der Waals surface area contributed by atoms with Crippen molar-refractivity contribution in [1.82, 2.24) is 9.88 Å². The van der Waals surface area contributed by atoms with Crippen molar-refractivity contribution in [2.75, 3.05) is 44.8 Å². The number of nitrogens with one attached hydrogen (secondary N) is 1. The van der Waals surface area contributed by atoms with E-state index >= 15 is 0 Å². The van der Waals surface area contributed by atoms with E-state index < -0.39 is 24.3 Å². The molecule has 3 atom stereocenters. The Kier molecular flexibility index (Phi) is 12.0. The fraction of sp³-hybridized carbons (Fsp3) is 0.600. The first kappa shape index (κ1) is 31.1. The van der Waals surface area contributed by atoms with Crippen LogP contribution < -0.4 is 5.32 Å². The number of nitrogens with zero attached hydrogens (tertiary/aromatic N) is 2. The van der Waals surface area contributed by atoms with Gasteiger partial charge in [-0.1, -0.05) is 0 Å². The Bertz CT molecular complexity index is 830. The summed E-state index contributed by atoms with van der Waals surface area (Å²) in [6, 6.07) is 3.66. The third-order valence-corrected chi connectivity index (χ3v) is 4.90. The Labute approximate surface area is 201 Å². The van der Waals surface area contributed by atoms with Crippen LogP contribution in [0.1, 0.15) is 6.92 Å². The van der Waals surface area contributed by atoms with Gasteiger partial charge >= 0.3 is 24.3 Å². The summed E-state index contributed by atoms with van der Waals surface area (Å²) in [6.45, 7) is 6.70. The van der Waals surface area contributed by atoms with Crippen molar-refractivity contribution >= 4 is 23.5 Å². The van der Waals surface area contributed by atoms with E-state index in [9.17, 15) is 31.1 Å². The molecule has 0 saturated carbocycles. The van der Waals surface area contributed by atoms with Crippen LogP contribution in [0.25, 0.3) is 0 Å². The largest absolute Gasteiger partial charge is 0.490 e. The minimum Gasteiger partial charge on any atom is -0.475 e. The quantitative estimate of drug-likeness (QED) is 0.371. The maximum atomic E-state index is 12.5. The van der Waals surface area contributed by atoms with Gasteiger partial charge in [-0.05, 0) is 19.1 Å². The maximum Gasteiger partial charge on any atom is 0.490 e. The number of carbonyl (C=O) groups is 3. The number of halogens is 6. The fourth-order valence-electron chi connectivity index (χ4n) is 3.26. The number of hydrogen-bond donors (Lipinski definition) is 3. The summed E-state index contributed by atoms with van der Waals surface area (Å²) >= 11 is 0. The zero-order valence-electron chi connectivity index (χ0n) is 18.9. The van der Waals surface area contributed by atoms with Gasteiger partial charge in [0.15, 0.2) is 0 Å². The van der Waals surface area contributed by atoms with Gasteiger partial charge in [0.25, 0.3) is 0 Å². The average molecular weight is 533 g/mol. The highest BCUT2D eigenvalue weighted by Gasteiger charge is 2.46. The monoisotopic (exact) mass is 533 g/mol. The highest BCUT2D eigenvalue weighted by Crippen LogP contribution is 2.34. The highest BCUT2D eigenvalue weighted by molar-refractivity contribution is 5.93. The lowest BCUT2D eigenvalue weighted by molar-refractivity contribution is -0.193. The number of fused-ring (bicyclic) bond motifs is 1. The van der Waals surface area contributed by atoms with Crippen LogP contribution in [0.15, 0.2) is 24.5 Å². The standard InChI is InChI=1S/C16H23N3O3.2C2HF3O2/c1-2-21-7-6-19-9-13-14(11-22-15(13)10-19)16(20)18-12-4-3-5-17-8-12;2*3-2(4,5)1(6)7/h3-5,8,13-15H,2,6-7,9-11H2,1H3,(H,18,20);2*(H,6,7)/t13-,14+,15-;;/m1../s1. The summed E-state index contributed by atoms with van der Waals surface area (Å²) in [5.74, 6) is -5.28. The number of carbonyl (C=O) groups excluding carboxylic acids is 1. The van der Waals surface area contributed by atoms with Crippen LogP contribution in [0.3, 0.4) is 0 Å². The van der Waals surface area contributed by atoms with Crippen LogP contribution in [0.2, 0.25) is 0 Å². The molecule has 3 N–H and O–H groups in total. The van der Waals surface area contributed by atoms with Gasteiger partial charge in [0.05, 0.1) is 37.1 Å². The lowest BCUT2D eigenvalue weighted by Crippen LogP contribution is -2.32. The van der Waals surface area contributed by atoms with Crippen LogP contribution in [-0.4, -0.2) is 95.9 Å². The van der Waals surface area contributed by atoms with Crippen molar-refractivity contribution < 1.29 is 60.4 Å². The zero-order chi connectivity index (χ0) is 27.5. The van der Waals surface area contributed by atoms with Crippen LogP contribution in [0, 0.1) is 11.8 Å². The van der Waals surface area contributed by atoms with Gasteiger partial charge < -0.3 is 25.0 Å². The molecule has 0 bridgehead atoms. The molecule has 16 heteroatoms. The number of carboxylic acid groups (broad SMARTS) is 2. The Morgan fingerprint density at radius 2 is 1.72 bits per heavy atom. The lowest BCUT2D eigenvalue weighted by atomic mass is 9.92. The molecule has 0 radical (unpaired) electrons. The number of amides is 1. The number of anilines is 1. The Morgan fingerprint density at radius 3 is 2.19 bits per heavy atom. The summed E-state index contributed by atoms with van der Waals surface area (Å²) in [5, 5.41) is 17.2. The molecule has 2 aliphatic rings. The number of rotatable bonds is 6. The molecule has 1 aromatic rings. The Morgan fingerprint density at radius 1 is 1.14 bits per heavy atom. The first-order valence-electron chi connectivity index (χ1n) is 10.4. The first-order chi connectivity index (χ1) is 16.7. The molecule has 1 aromatic heterocycles. The summed E-state index contributed by atoms with van der Waals surface area (Å²) in [4.78, 5) is 36.6. The van der Waals surface area contributed by atoms with Crippen LogP contribution in [0.5, 0.6) is 0 Å². The summed E-state index contributed by atoms with van der Waals surface area (Å²) in [6.07, 6.45) is -6.64. The minimum atomic E-state index is -5.08. The molecule has 3 heterocycles. The number of ether oxygens (including phenoxy) is 2. The Hall–Kier alpha value is -2.98. The number of hydrogen-bond acceptors (Lipinski definition) is 7. The SMILES string of the molecule is CCOCCN1C[C@@H]2[C@@H](C(=O)Nc3cccnc3)CO[C@@H]2C1.O=C(O)C(F)(F)F.O=C(O)C(F)(F)F. The van der Waals surface area contributed by atoms with E-state index in [1.165, 1.54) is 0 Å². The molecular weight excluding hydrogens is 508 g/mol. The third kappa shape index (κ3) is 10.7. The predicted octanol–water partition coefficient (Wildman–Crippen LogP) is 2.27. The lowest BCUT2D eigenvalue weighted by Gasteiger charge is -2.19. The van der Waals surface area contributed by atoms with E-state index in [2.05, 4.69) is 15.2 Å². The van der Waals surface area contributed by atoms with Gasteiger partial charge in [-0.3, -0.25) is 14.7 Å². The molecule has 0 aromatic carbocycles. The normalized spacial score (nSPS) is 21.4. The molecule has 0 unspecified atom stereocenters. The van der Waals surface area contributed by atoms with Gasteiger partial charge in [-0.25, -0.2) is 9.59 Å². The molecule has 204 valence electrons. The molecule has 0 spiro atoms. The smallest absolute Gasteiger partial charge is 0.475 e. The minimum absolute atomic E-state index is 0.0344. The van der Waals surface area contributed by atoms with Crippen LogP contribution in [-0.2, 0) is 23.9 Å². The Balaban J connectivity index is 0.000000383. The van der Waals surface area contributed by atoms with Crippen molar-refractivity contribution in [3.8, 4) is 0 Å². The van der Waals surface area contributed by atoms with Gasteiger partial charge in [-0.15, -0.1) is 0 Å². The second kappa shape index (κ2) is 13.9. The van der Waals surface area contributed by atoms with Gasteiger partial charge in [0.1, 0.15) is 0 Å². The molecule has 3 rings (SSSR count). The number of likely N-dealkylation sites (tertiary alicyclic amines) is 1. The average Bonchev–Trinajstić information content (AvgIpc) is 3.34. The van der Waals surface area contributed by atoms with E-state index in [0.29, 0.717) is 6.61 Å². The van der Waals surface area contributed by atoms with Crippen molar-refractivity contribution in [2.45, 2.75) is 25.4 Å². The van der Waals surface area contributed by atoms with Gasteiger partial charge in [0, 0.05) is 38.4 Å². The van der Waals surface area contributed by atoms with E-state index in [0.717, 1.165) is 38.5 Å². The van der Waals surface area contributed by atoms with Crippen molar-refractivity contribution in [3.05, 3.63) is 24.5 Å². The molecular formula is C20H25F6N3O7. The number of alkyl halides is 6. The number of aromatic nitrogens is 1. The molecule has 2 fully saturated rings. The maximum absolute atomic E-state index is 12.5. The van der Waals surface area contributed by atoms with Crippen molar-refractivity contribution in [2.24, 2.45) is 11.8 Å². The van der Waals surface area contributed by atoms with Crippen LogP contribution in [0.4, 0.5) is 32.0 Å². The number of carboxylic acids is 2. The molecule has 1 amide bonds. The van der Waals surface area contributed by atoms with Gasteiger partial charge in [-0.2, -0.15) is 26.3 Å². The molecule has 2 aliphatic heterocycles.